The Balaban J connectivity index is 1.60. The van der Waals surface area contributed by atoms with Crippen LogP contribution in [0.1, 0.15) is 12.8 Å². The van der Waals surface area contributed by atoms with Gasteiger partial charge in [0.15, 0.2) is 0 Å². The van der Waals surface area contributed by atoms with Crippen molar-refractivity contribution in [2.45, 2.75) is 18.9 Å². The lowest BCUT2D eigenvalue weighted by Crippen LogP contribution is -2.48. The van der Waals surface area contributed by atoms with Gasteiger partial charge in [-0.2, -0.15) is 0 Å². The van der Waals surface area contributed by atoms with Crippen molar-refractivity contribution in [3.05, 3.63) is 29.3 Å². The molecule has 1 saturated heterocycles. The van der Waals surface area contributed by atoms with Crippen LogP contribution in [0.25, 0.3) is 0 Å². The summed E-state index contributed by atoms with van der Waals surface area (Å²) in [4.78, 5) is 23.5. The van der Waals surface area contributed by atoms with Gasteiger partial charge in [0.05, 0.1) is 6.61 Å². The molecule has 120 valence electrons. The van der Waals surface area contributed by atoms with E-state index in [1.165, 1.54) is 0 Å². The van der Waals surface area contributed by atoms with E-state index in [0.29, 0.717) is 43.2 Å². The highest BCUT2D eigenvalue weighted by Gasteiger charge is 2.20. The van der Waals surface area contributed by atoms with Crippen molar-refractivity contribution >= 4 is 29.1 Å². The molecule has 7 heteroatoms. The fraction of sp³-hybridized carbons (Fsp3) is 0.467. The summed E-state index contributed by atoms with van der Waals surface area (Å²) in [6, 6.07) is 6.93. The van der Waals surface area contributed by atoms with E-state index in [1.54, 1.807) is 24.3 Å². The SMILES string of the molecule is O=C(CCCNC(=O)C1CNCCO1)Nc1ccc(Cl)cc1. The van der Waals surface area contributed by atoms with E-state index in [2.05, 4.69) is 16.0 Å². The molecule has 6 nitrogen and oxygen atoms in total. The molecule has 1 aliphatic heterocycles. The first kappa shape index (κ1) is 16.7. The predicted molar refractivity (Wildman–Crippen MR) is 84.9 cm³/mol. The first-order valence-corrected chi connectivity index (χ1v) is 7.68. The molecule has 22 heavy (non-hydrogen) atoms. The Morgan fingerprint density at radius 2 is 2.09 bits per heavy atom. The van der Waals surface area contributed by atoms with Crippen molar-refractivity contribution < 1.29 is 14.3 Å². The largest absolute Gasteiger partial charge is 0.366 e. The maximum absolute atomic E-state index is 11.8. The third-order valence-corrected chi connectivity index (χ3v) is 3.48. The Morgan fingerprint density at radius 3 is 2.77 bits per heavy atom. The number of morpholine rings is 1. The summed E-state index contributed by atoms with van der Waals surface area (Å²) in [5.74, 6) is -0.225. The summed E-state index contributed by atoms with van der Waals surface area (Å²) < 4.78 is 5.34. The molecule has 0 aliphatic carbocycles. The maximum atomic E-state index is 11.8. The Kier molecular flexibility index (Phi) is 6.64. The minimum Gasteiger partial charge on any atom is -0.366 e. The fourth-order valence-corrected chi connectivity index (χ4v) is 2.19. The number of benzene rings is 1. The monoisotopic (exact) mass is 325 g/mol. The van der Waals surface area contributed by atoms with Crippen molar-refractivity contribution in [1.29, 1.82) is 0 Å². The number of hydrogen-bond acceptors (Lipinski definition) is 4. The molecule has 0 spiro atoms. The zero-order chi connectivity index (χ0) is 15.8. The topological polar surface area (TPSA) is 79.5 Å². The second-order valence-electron chi connectivity index (χ2n) is 5.01. The Morgan fingerprint density at radius 1 is 1.32 bits per heavy atom. The van der Waals surface area contributed by atoms with Crippen molar-refractivity contribution in [3.8, 4) is 0 Å². The third kappa shape index (κ3) is 5.63. The number of nitrogens with one attached hydrogen (secondary N) is 3. The molecule has 1 heterocycles. The normalized spacial score (nSPS) is 17.8. The molecular weight excluding hydrogens is 306 g/mol. The standard InChI is InChI=1S/C15H20ClN3O3/c16-11-3-5-12(6-4-11)19-14(20)2-1-7-18-15(21)13-10-17-8-9-22-13/h3-6,13,17H,1-2,7-10H2,(H,18,21)(H,19,20). The number of anilines is 1. The molecule has 1 aromatic rings. The van der Waals surface area contributed by atoms with Crippen LogP contribution in [0.15, 0.2) is 24.3 Å². The zero-order valence-electron chi connectivity index (χ0n) is 12.2. The molecule has 0 radical (unpaired) electrons. The van der Waals surface area contributed by atoms with E-state index < -0.39 is 6.10 Å². The van der Waals surface area contributed by atoms with Gasteiger partial charge in [-0.1, -0.05) is 11.6 Å². The molecule has 1 atom stereocenters. The third-order valence-electron chi connectivity index (χ3n) is 3.23. The average Bonchev–Trinajstić information content (AvgIpc) is 2.54. The first-order chi connectivity index (χ1) is 10.6. The van der Waals surface area contributed by atoms with Crippen molar-refractivity contribution in [3.63, 3.8) is 0 Å². The number of rotatable bonds is 6. The van der Waals surface area contributed by atoms with Gasteiger partial charge >= 0.3 is 0 Å². The van der Waals surface area contributed by atoms with Gasteiger partial charge in [0.1, 0.15) is 6.10 Å². The molecule has 1 unspecified atom stereocenters. The number of hydrogen-bond donors (Lipinski definition) is 3. The van der Waals surface area contributed by atoms with Gasteiger partial charge in [-0.3, -0.25) is 9.59 Å². The quantitative estimate of drug-likeness (QED) is 0.686. The summed E-state index contributed by atoms with van der Waals surface area (Å²) in [7, 11) is 0. The first-order valence-electron chi connectivity index (χ1n) is 7.30. The molecule has 1 fully saturated rings. The van der Waals surface area contributed by atoms with E-state index in [-0.39, 0.29) is 11.8 Å². The van der Waals surface area contributed by atoms with Crippen molar-refractivity contribution in [2.75, 3.05) is 31.6 Å². The van der Waals surface area contributed by atoms with Crippen molar-refractivity contribution in [2.24, 2.45) is 0 Å². The van der Waals surface area contributed by atoms with Gasteiger partial charge in [0, 0.05) is 36.8 Å². The van der Waals surface area contributed by atoms with Gasteiger partial charge in [0.2, 0.25) is 11.8 Å². The number of carbonyl (C=O) groups excluding carboxylic acids is 2. The maximum Gasteiger partial charge on any atom is 0.250 e. The summed E-state index contributed by atoms with van der Waals surface area (Å²) in [5, 5.41) is 9.27. The Labute approximate surface area is 134 Å². The lowest BCUT2D eigenvalue weighted by Gasteiger charge is -2.22. The van der Waals surface area contributed by atoms with E-state index >= 15 is 0 Å². The summed E-state index contributed by atoms with van der Waals surface area (Å²) in [6.07, 6.45) is 0.481. The minimum absolute atomic E-state index is 0.0906. The van der Waals surface area contributed by atoms with Gasteiger partial charge < -0.3 is 20.7 Å². The van der Waals surface area contributed by atoms with Crippen LogP contribution < -0.4 is 16.0 Å². The van der Waals surface area contributed by atoms with E-state index in [0.717, 1.165) is 6.54 Å². The average molecular weight is 326 g/mol. The highest BCUT2D eigenvalue weighted by atomic mass is 35.5. The predicted octanol–water partition coefficient (Wildman–Crippen LogP) is 1.16. The fourth-order valence-electron chi connectivity index (χ4n) is 2.06. The number of carbonyl (C=O) groups is 2. The molecule has 0 aromatic heterocycles. The van der Waals surface area contributed by atoms with Gasteiger partial charge in [0.25, 0.3) is 0 Å². The van der Waals surface area contributed by atoms with Gasteiger partial charge in [-0.15, -0.1) is 0 Å². The van der Waals surface area contributed by atoms with Gasteiger partial charge in [-0.05, 0) is 30.7 Å². The van der Waals surface area contributed by atoms with Crippen LogP contribution in [0.5, 0.6) is 0 Å². The minimum atomic E-state index is -0.434. The highest BCUT2D eigenvalue weighted by Crippen LogP contribution is 2.13. The lowest BCUT2D eigenvalue weighted by molar-refractivity contribution is -0.134. The van der Waals surface area contributed by atoms with Crippen LogP contribution in [0, 0.1) is 0 Å². The number of amides is 2. The molecular formula is C15H20ClN3O3. The Bertz CT molecular complexity index is 501. The second-order valence-corrected chi connectivity index (χ2v) is 5.45. The molecule has 1 aromatic carbocycles. The number of ether oxygens (including phenoxy) is 1. The molecule has 2 rings (SSSR count). The van der Waals surface area contributed by atoms with Gasteiger partial charge in [-0.25, -0.2) is 0 Å². The zero-order valence-corrected chi connectivity index (χ0v) is 13.0. The molecule has 0 saturated carbocycles. The van der Waals surface area contributed by atoms with Crippen LogP contribution in [0.2, 0.25) is 5.02 Å². The van der Waals surface area contributed by atoms with E-state index in [1.807, 2.05) is 0 Å². The summed E-state index contributed by atoms with van der Waals surface area (Å²) in [6.45, 7) is 2.30. The summed E-state index contributed by atoms with van der Waals surface area (Å²) >= 11 is 5.78. The molecule has 1 aliphatic rings. The Hall–Kier alpha value is -1.63. The molecule has 2 amide bonds. The van der Waals surface area contributed by atoms with Crippen LogP contribution >= 0.6 is 11.6 Å². The lowest BCUT2D eigenvalue weighted by atomic mass is 10.2. The molecule has 3 N–H and O–H groups in total. The smallest absolute Gasteiger partial charge is 0.250 e. The summed E-state index contributed by atoms with van der Waals surface area (Å²) in [5.41, 5.74) is 0.708. The van der Waals surface area contributed by atoms with Crippen LogP contribution in [-0.4, -0.2) is 44.2 Å². The highest BCUT2D eigenvalue weighted by molar-refractivity contribution is 6.30. The van der Waals surface area contributed by atoms with E-state index in [9.17, 15) is 9.59 Å². The van der Waals surface area contributed by atoms with Crippen LogP contribution in [0.3, 0.4) is 0 Å². The number of halogens is 1. The van der Waals surface area contributed by atoms with E-state index in [4.69, 9.17) is 16.3 Å². The van der Waals surface area contributed by atoms with Crippen LogP contribution in [0.4, 0.5) is 5.69 Å². The molecule has 0 bridgehead atoms. The second kappa shape index (κ2) is 8.73. The van der Waals surface area contributed by atoms with Crippen molar-refractivity contribution in [1.82, 2.24) is 10.6 Å². The van der Waals surface area contributed by atoms with Crippen LogP contribution in [-0.2, 0) is 14.3 Å².